The Labute approximate surface area is 218 Å². The molecule has 3 heterocycles. The van der Waals surface area contributed by atoms with Gasteiger partial charge in [0.15, 0.2) is 17.3 Å². The molecular weight excluding hydrogens is 474 g/mol. The summed E-state index contributed by atoms with van der Waals surface area (Å²) < 4.78 is 28.3. The molecule has 10 heteroatoms. The lowest BCUT2D eigenvalue weighted by molar-refractivity contribution is 0.0470. The maximum atomic E-state index is 6.32. The highest BCUT2D eigenvalue weighted by Gasteiger charge is 2.26. The van der Waals surface area contributed by atoms with E-state index in [1.54, 1.807) is 19.5 Å². The second-order valence-corrected chi connectivity index (χ2v) is 9.60. The molecule has 0 radical (unpaired) electrons. The van der Waals surface area contributed by atoms with Crippen LogP contribution < -0.4 is 19.7 Å². The van der Waals surface area contributed by atoms with E-state index in [0.717, 1.165) is 42.4 Å². The monoisotopic (exact) mass is 511 g/mol. The molecule has 200 valence electrons. The average Bonchev–Trinajstić information content (AvgIpc) is 3.38. The molecule has 1 N–H and O–H groups in total. The number of hydrogen-bond donors (Lipinski definition) is 1. The zero-order valence-electron chi connectivity index (χ0n) is 22.1. The van der Waals surface area contributed by atoms with Gasteiger partial charge in [0, 0.05) is 25.1 Å². The number of piperidine rings is 1. The smallest absolute Gasteiger partial charge is 0.230 e. The van der Waals surface area contributed by atoms with Crippen LogP contribution in [0.4, 0.5) is 17.5 Å². The first-order chi connectivity index (χ1) is 18.0. The molecule has 0 unspecified atom stereocenters. The first-order valence-corrected chi connectivity index (χ1v) is 12.7. The SMILES string of the molecule is CCOc1ccccc1O[C@@H]1CCCN(c2cncc(Nc3cc(C(C)(C)COCCOC)no3)n2)C1. The third kappa shape index (κ3) is 7.33. The van der Waals surface area contributed by atoms with Crippen LogP contribution in [0, 0.1) is 0 Å². The van der Waals surface area contributed by atoms with E-state index in [0.29, 0.717) is 44.7 Å². The number of nitrogens with zero attached hydrogens (tertiary/aromatic N) is 4. The van der Waals surface area contributed by atoms with E-state index in [-0.39, 0.29) is 11.5 Å². The summed E-state index contributed by atoms with van der Waals surface area (Å²) in [4.78, 5) is 11.4. The Morgan fingerprint density at radius 2 is 2.00 bits per heavy atom. The van der Waals surface area contributed by atoms with Gasteiger partial charge in [-0.2, -0.15) is 0 Å². The quantitative estimate of drug-likeness (QED) is 0.328. The number of para-hydroxylation sites is 2. The number of aromatic nitrogens is 3. The van der Waals surface area contributed by atoms with E-state index in [2.05, 4.69) is 34.2 Å². The summed E-state index contributed by atoms with van der Waals surface area (Å²) in [6.45, 7) is 9.87. The standard InChI is InChI=1S/C27H37N5O5/c1-5-35-21-10-6-7-11-22(21)36-20-9-8-12-32(18-20)25-17-28-16-24(29-25)30-26-15-23(31-37-26)27(2,3)19-34-14-13-33-4/h6-7,10-11,15-17,20H,5,8-9,12-14,18-19H2,1-4H3,(H,29,30)/t20-/m1/s1. The van der Waals surface area contributed by atoms with Crippen LogP contribution in [0.5, 0.6) is 11.5 Å². The number of anilines is 3. The number of rotatable bonds is 13. The van der Waals surface area contributed by atoms with Crippen LogP contribution in [0.1, 0.15) is 39.3 Å². The zero-order valence-corrected chi connectivity index (χ0v) is 22.1. The highest BCUT2D eigenvalue weighted by atomic mass is 16.5. The van der Waals surface area contributed by atoms with Gasteiger partial charge in [-0.3, -0.25) is 4.98 Å². The molecule has 1 fully saturated rings. The lowest BCUT2D eigenvalue weighted by Gasteiger charge is -2.33. The van der Waals surface area contributed by atoms with Gasteiger partial charge in [0.25, 0.3) is 0 Å². The van der Waals surface area contributed by atoms with Crippen molar-refractivity contribution in [1.82, 2.24) is 15.1 Å². The fourth-order valence-corrected chi connectivity index (χ4v) is 4.14. The van der Waals surface area contributed by atoms with Gasteiger partial charge in [-0.05, 0) is 31.9 Å². The number of nitrogens with one attached hydrogen (secondary N) is 1. The van der Waals surface area contributed by atoms with Crippen molar-refractivity contribution in [1.29, 1.82) is 0 Å². The van der Waals surface area contributed by atoms with Gasteiger partial charge < -0.3 is 33.7 Å². The van der Waals surface area contributed by atoms with Crippen molar-refractivity contribution in [3.05, 3.63) is 48.4 Å². The molecule has 1 saturated heterocycles. The summed E-state index contributed by atoms with van der Waals surface area (Å²) in [6, 6.07) is 9.67. The Morgan fingerprint density at radius 1 is 1.16 bits per heavy atom. The van der Waals surface area contributed by atoms with Gasteiger partial charge >= 0.3 is 0 Å². The Hall–Kier alpha value is -3.37. The maximum Gasteiger partial charge on any atom is 0.230 e. The van der Waals surface area contributed by atoms with Crippen molar-refractivity contribution in [2.45, 2.75) is 45.1 Å². The molecule has 10 nitrogen and oxygen atoms in total. The number of benzene rings is 1. The summed E-state index contributed by atoms with van der Waals surface area (Å²) in [5, 5.41) is 7.42. The van der Waals surface area contributed by atoms with E-state index in [9.17, 15) is 0 Å². The zero-order chi connectivity index (χ0) is 26.1. The first kappa shape index (κ1) is 26.7. The Balaban J connectivity index is 1.37. The van der Waals surface area contributed by atoms with Crippen LogP contribution in [-0.4, -0.2) is 67.9 Å². The van der Waals surface area contributed by atoms with Gasteiger partial charge in [-0.25, -0.2) is 4.98 Å². The lowest BCUT2D eigenvalue weighted by atomic mass is 9.90. The molecule has 2 aromatic heterocycles. The summed E-state index contributed by atoms with van der Waals surface area (Å²) in [5.74, 6) is 3.40. The molecule has 1 aliphatic rings. The molecular formula is C27H37N5O5. The minimum atomic E-state index is -0.311. The molecule has 3 aromatic rings. The van der Waals surface area contributed by atoms with Gasteiger partial charge in [0.2, 0.25) is 5.88 Å². The molecule has 0 bridgehead atoms. The largest absolute Gasteiger partial charge is 0.490 e. The molecule has 0 aliphatic carbocycles. The molecule has 37 heavy (non-hydrogen) atoms. The maximum absolute atomic E-state index is 6.32. The molecule has 4 rings (SSSR count). The van der Waals surface area contributed by atoms with Gasteiger partial charge in [0.1, 0.15) is 11.9 Å². The van der Waals surface area contributed by atoms with Crippen molar-refractivity contribution >= 4 is 17.5 Å². The molecule has 1 aromatic carbocycles. The Kier molecular flexibility index (Phi) is 9.19. The Bertz CT molecular complexity index is 1120. The van der Waals surface area contributed by atoms with Crippen LogP contribution >= 0.6 is 0 Å². The predicted molar refractivity (Wildman–Crippen MR) is 141 cm³/mol. The summed E-state index contributed by atoms with van der Waals surface area (Å²) >= 11 is 0. The number of methoxy groups -OCH3 is 1. The minimum absolute atomic E-state index is 0.0268. The van der Waals surface area contributed by atoms with E-state index in [4.69, 9.17) is 28.5 Å². The molecule has 1 aliphatic heterocycles. The first-order valence-electron chi connectivity index (χ1n) is 12.7. The normalized spacial score (nSPS) is 16.0. The molecule has 0 amide bonds. The van der Waals surface area contributed by atoms with E-state index >= 15 is 0 Å². The topological polar surface area (TPSA) is 104 Å². The summed E-state index contributed by atoms with van der Waals surface area (Å²) in [7, 11) is 1.66. The van der Waals surface area contributed by atoms with Crippen LogP contribution in [0.15, 0.2) is 47.2 Å². The van der Waals surface area contributed by atoms with Crippen molar-refractivity contribution < 1.29 is 23.5 Å². The minimum Gasteiger partial charge on any atom is -0.490 e. The van der Waals surface area contributed by atoms with Crippen LogP contribution in [0.25, 0.3) is 0 Å². The van der Waals surface area contributed by atoms with E-state index < -0.39 is 0 Å². The van der Waals surface area contributed by atoms with Gasteiger partial charge in [-0.15, -0.1) is 0 Å². The van der Waals surface area contributed by atoms with Crippen molar-refractivity contribution in [2.75, 3.05) is 56.8 Å². The lowest BCUT2D eigenvalue weighted by Crippen LogP contribution is -2.41. The van der Waals surface area contributed by atoms with Crippen molar-refractivity contribution in [3.63, 3.8) is 0 Å². The van der Waals surface area contributed by atoms with Gasteiger partial charge in [0.05, 0.1) is 51.1 Å². The predicted octanol–water partition coefficient (Wildman–Crippen LogP) is 4.60. The Morgan fingerprint density at radius 3 is 2.81 bits per heavy atom. The second kappa shape index (κ2) is 12.7. The van der Waals surface area contributed by atoms with E-state index in [1.165, 1.54) is 0 Å². The second-order valence-electron chi connectivity index (χ2n) is 9.60. The third-order valence-electron chi connectivity index (χ3n) is 6.12. The van der Waals surface area contributed by atoms with Crippen molar-refractivity contribution in [3.8, 4) is 11.5 Å². The fourth-order valence-electron chi connectivity index (χ4n) is 4.14. The van der Waals surface area contributed by atoms with Crippen molar-refractivity contribution in [2.24, 2.45) is 0 Å². The molecule has 0 saturated carbocycles. The summed E-state index contributed by atoms with van der Waals surface area (Å²) in [6.07, 6.45) is 5.43. The van der Waals surface area contributed by atoms with Crippen LogP contribution in [0.2, 0.25) is 0 Å². The molecule has 0 spiro atoms. The molecule has 1 atom stereocenters. The van der Waals surface area contributed by atoms with Crippen LogP contribution in [0.3, 0.4) is 0 Å². The van der Waals surface area contributed by atoms with Crippen LogP contribution in [-0.2, 0) is 14.9 Å². The third-order valence-corrected chi connectivity index (χ3v) is 6.12. The van der Waals surface area contributed by atoms with Gasteiger partial charge in [-0.1, -0.05) is 31.1 Å². The highest BCUT2D eigenvalue weighted by molar-refractivity contribution is 5.53. The number of hydrogen-bond acceptors (Lipinski definition) is 10. The average molecular weight is 512 g/mol. The fraction of sp³-hybridized carbons (Fsp3) is 0.519. The highest BCUT2D eigenvalue weighted by Crippen LogP contribution is 2.30. The van der Waals surface area contributed by atoms with E-state index in [1.807, 2.05) is 37.3 Å². The number of ether oxygens (including phenoxy) is 4. The summed E-state index contributed by atoms with van der Waals surface area (Å²) in [5.41, 5.74) is 0.480.